The predicted octanol–water partition coefficient (Wildman–Crippen LogP) is 1.43. The molecule has 7 atom stereocenters. The van der Waals surface area contributed by atoms with E-state index in [1.807, 2.05) is 60.7 Å². The first-order valence-corrected chi connectivity index (χ1v) is 15.6. The molecule has 5 N–H and O–H groups in total. The zero-order valence-corrected chi connectivity index (χ0v) is 24.6. The summed E-state index contributed by atoms with van der Waals surface area (Å²) in [5, 5.41) is 32.2. The Bertz CT molecular complexity index is 1210. The minimum Gasteiger partial charge on any atom is -0.376 e. The van der Waals surface area contributed by atoms with Gasteiger partial charge in [-0.25, -0.2) is 0 Å². The molecular weight excluding hydrogens is 548 g/mol. The minimum atomic E-state index is -1.21. The molecule has 0 saturated carbocycles. The lowest BCUT2D eigenvalue weighted by atomic mass is 9.99. The molecule has 232 valence electrons. The van der Waals surface area contributed by atoms with Gasteiger partial charge < -0.3 is 25.2 Å². The van der Waals surface area contributed by atoms with Crippen molar-refractivity contribution in [2.24, 2.45) is 0 Å². The van der Waals surface area contributed by atoms with E-state index in [4.69, 9.17) is 4.74 Å². The normalized spacial score (nSPS) is 29.7. The Morgan fingerprint density at radius 1 is 0.860 bits per heavy atom. The van der Waals surface area contributed by atoms with E-state index in [0.29, 0.717) is 58.1 Å². The van der Waals surface area contributed by atoms with E-state index in [-0.39, 0.29) is 23.7 Å². The van der Waals surface area contributed by atoms with E-state index >= 15 is 0 Å². The molecule has 43 heavy (non-hydrogen) atoms. The Labute approximate surface area is 253 Å². The molecule has 3 heterocycles. The molecule has 2 aromatic carbocycles. The Morgan fingerprint density at radius 2 is 1.51 bits per heavy atom. The number of hydrogen-bond donors (Lipinski definition) is 5. The number of nitrogens with one attached hydrogen (secondary N) is 3. The summed E-state index contributed by atoms with van der Waals surface area (Å²) in [7, 11) is 0. The first-order chi connectivity index (χ1) is 20.9. The highest BCUT2D eigenvalue weighted by atomic mass is 16.6. The first-order valence-electron chi connectivity index (χ1n) is 15.6. The van der Waals surface area contributed by atoms with Crippen LogP contribution in [0.5, 0.6) is 0 Å². The highest BCUT2D eigenvalue weighted by Crippen LogP contribution is 2.23. The maximum Gasteiger partial charge on any atom is 0.240 e. The number of hydrogen-bond acceptors (Lipinski definition) is 8. The minimum absolute atomic E-state index is 0.124. The number of aliphatic hydroxyl groups excluding tert-OH is 2. The van der Waals surface area contributed by atoms with Crippen LogP contribution >= 0.6 is 0 Å². The third-order valence-corrected chi connectivity index (χ3v) is 8.70. The third kappa shape index (κ3) is 8.70. The Hall–Kier alpha value is -3.15. The number of benzene rings is 2. The SMILES string of the molecule is O=C1N[C@@H](Cc2ccccc2)C(O)N[C@@H](Cc2ccccc2)C(=O)N2CCCC2C(O)N[C@H]1CCCCCC(=O)[C@@H]1CO1. The van der Waals surface area contributed by atoms with Gasteiger partial charge in [0.2, 0.25) is 11.8 Å². The van der Waals surface area contributed by atoms with Gasteiger partial charge in [-0.2, -0.15) is 0 Å². The zero-order chi connectivity index (χ0) is 30.2. The van der Waals surface area contributed by atoms with Crippen LogP contribution in [0, 0.1) is 0 Å². The molecule has 0 radical (unpaired) electrons. The van der Waals surface area contributed by atoms with Gasteiger partial charge in [-0.3, -0.25) is 25.0 Å². The number of unbranched alkanes of at least 4 members (excludes halogenated alkanes) is 2. The number of nitrogens with zero attached hydrogens (tertiary/aromatic N) is 1. The van der Waals surface area contributed by atoms with Crippen molar-refractivity contribution in [2.45, 2.75) is 101 Å². The van der Waals surface area contributed by atoms with E-state index in [2.05, 4.69) is 16.0 Å². The first kappa shape index (κ1) is 31.3. The van der Waals surface area contributed by atoms with Crippen LogP contribution in [0.4, 0.5) is 0 Å². The molecule has 0 bridgehead atoms. The van der Waals surface area contributed by atoms with Gasteiger partial charge in [0.05, 0.1) is 30.8 Å². The Balaban J connectivity index is 1.35. The lowest BCUT2D eigenvalue weighted by molar-refractivity contribution is -0.139. The fraction of sp³-hybridized carbons (Fsp3) is 0.545. The number of epoxide rings is 1. The van der Waals surface area contributed by atoms with Gasteiger partial charge in [-0.05, 0) is 49.7 Å². The van der Waals surface area contributed by atoms with Crippen molar-refractivity contribution in [1.82, 2.24) is 20.9 Å². The Kier molecular flexibility index (Phi) is 10.9. The van der Waals surface area contributed by atoms with E-state index in [9.17, 15) is 24.6 Å². The quantitative estimate of drug-likeness (QED) is 0.195. The van der Waals surface area contributed by atoms with E-state index in [1.54, 1.807) is 4.90 Å². The largest absolute Gasteiger partial charge is 0.376 e. The van der Waals surface area contributed by atoms with Gasteiger partial charge in [0.25, 0.3) is 0 Å². The van der Waals surface area contributed by atoms with Gasteiger partial charge in [-0.1, -0.05) is 73.5 Å². The van der Waals surface area contributed by atoms with Crippen LogP contribution < -0.4 is 16.0 Å². The van der Waals surface area contributed by atoms with Crippen LogP contribution in [-0.2, 0) is 32.0 Å². The van der Waals surface area contributed by atoms with Crippen molar-refractivity contribution in [2.75, 3.05) is 13.2 Å². The van der Waals surface area contributed by atoms with E-state index in [1.165, 1.54) is 0 Å². The molecule has 3 unspecified atom stereocenters. The summed E-state index contributed by atoms with van der Waals surface area (Å²) in [5.74, 6) is -0.379. The summed E-state index contributed by atoms with van der Waals surface area (Å²) < 4.78 is 5.06. The second-order valence-corrected chi connectivity index (χ2v) is 12.0. The summed E-state index contributed by atoms with van der Waals surface area (Å²) >= 11 is 0. The number of ether oxygens (including phenoxy) is 1. The van der Waals surface area contributed by atoms with Gasteiger partial charge in [0.1, 0.15) is 18.6 Å². The summed E-state index contributed by atoms with van der Waals surface area (Å²) in [6.45, 7) is 1.01. The van der Waals surface area contributed by atoms with Gasteiger partial charge in [0.15, 0.2) is 5.78 Å². The molecule has 3 aliphatic heterocycles. The average Bonchev–Trinajstić information content (AvgIpc) is 3.75. The lowest BCUT2D eigenvalue weighted by Crippen LogP contribution is -2.64. The number of Topliss-reactive ketones (excluding diaryl/α,β-unsaturated/α-hetero) is 1. The fourth-order valence-corrected chi connectivity index (χ4v) is 6.20. The lowest BCUT2D eigenvalue weighted by Gasteiger charge is -2.37. The highest BCUT2D eigenvalue weighted by Gasteiger charge is 2.40. The Morgan fingerprint density at radius 3 is 2.19 bits per heavy atom. The van der Waals surface area contributed by atoms with Crippen molar-refractivity contribution < 1.29 is 29.3 Å². The van der Waals surface area contributed by atoms with Gasteiger partial charge >= 0.3 is 0 Å². The van der Waals surface area contributed by atoms with Crippen molar-refractivity contribution in [3.63, 3.8) is 0 Å². The molecule has 0 aliphatic carbocycles. The predicted molar refractivity (Wildman–Crippen MR) is 161 cm³/mol. The van der Waals surface area contributed by atoms with E-state index in [0.717, 1.165) is 24.0 Å². The third-order valence-electron chi connectivity index (χ3n) is 8.70. The summed E-state index contributed by atoms with van der Waals surface area (Å²) in [5.41, 5.74) is 1.87. The van der Waals surface area contributed by atoms with Crippen LogP contribution in [0.25, 0.3) is 0 Å². The summed E-state index contributed by atoms with van der Waals surface area (Å²) in [4.78, 5) is 41.4. The monoisotopic (exact) mass is 592 g/mol. The number of carbonyl (C=O) groups is 3. The number of fused-ring (bicyclic) bond motifs is 1. The van der Waals surface area contributed by atoms with E-state index < -0.39 is 36.6 Å². The summed E-state index contributed by atoms with van der Waals surface area (Å²) in [6.07, 6.45) is 2.55. The van der Waals surface area contributed by atoms with Crippen LogP contribution in [0.2, 0.25) is 0 Å². The molecule has 3 aliphatic rings. The zero-order valence-electron chi connectivity index (χ0n) is 24.6. The van der Waals surface area contributed by atoms with Crippen LogP contribution in [0.15, 0.2) is 60.7 Å². The number of ketones is 1. The molecule has 2 amide bonds. The molecule has 3 saturated heterocycles. The molecule has 3 fully saturated rings. The van der Waals surface area contributed by atoms with Crippen LogP contribution in [-0.4, -0.2) is 88.6 Å². The molecule has 2 aromatic rings. The van der Waals surface area contributed by atoms with Crippen LogP contribution in [0.1, 0.15) is 56.1 Å². The van der Waals surface area contributed by atoms with Gasteiger partial charge in [-0.15, -0.1) is 0 Å². The number of carbonyl (C=O) groups excluding carboxylic acids is 3. The van der Waals surface area contributed by atoms with Crippen molar-refractivity contribution in [3.8, 4) is 0 Å². The molecule has 0 spiro atoms. The fourth-order valence-electron chi connectivity index (χ4n) is 6.20. The summed E-state index contributed by atoms with van der Waals surface area (Å²) in [6, 6.07) is 16.5. The van der Waals surface area contributed by atoms with Gasteiger partial charge in [0, 0.05) is 13.0 Å². The molecule has 10 nitrogen and oxygen atoms in total. The topological polar surface area (TPSA) is 144 Å². The van der Waals surface area contributed by atoms with Crippen molar-refractivity contribution >= 4 is 17.6 Å². The highest BCUT2D eigenvalue weighted by molar-refractivity contribution is 5.85. The standard InChI is InChI=1S/C33H44N4O6/c38-28(29-21-43-29)17-9-3-8-15-24-30(39)35-25(19-22-11-4-1-5-12-22)31(40)36-26(20-23-13-6-2-7-14-23)33(42)37-18-10-16-27(37)32(41)34-24/h1-2,4-7,11-14,24-27,29,31-32,34,36,40-41H,3,8-10,15-21H2,(H,35,39)/t24-,25-,26-,27?,29-,31?,32?/m0/s1. The average molecular weight is 593 g/mol. The number of rotatable bonds is 11. The van der Waals surface area contributed by atoms with Crippen molar-refractivity contribution in [3.05, 3.63) is 71.8 Å². The number of aliphatic hydroxyl groups is 2. The second kappa shape index (κ2) is 15.0. The number of amides is 2. The second-order valence-electron chi connectivity index (χ2n) is 12.0. The molecule has 5 rings (SSSR count). The van der Waals surface area contributed by atoms with Crippen molar-refractivity contribution in [1.29, 1.82) is 0 Å². The molecule has 0 aromatic heterocycles. The maximum absolute atomic E-state index is 14.0. The maximum atomic E-state index is 14.0. The van der Waals surface area contributed by atoms with Crippen LogP contribution in [0.3, 0.4) is 0 Å². The molecule has 10 heteroatoms. The molecular formula is C33H44N4O6. The smallest absolute Gasteiger partial charge is 0.240 e.